The van der Waals surface area contributed by atoms with E-state index in [1.54, 1.807) is 5.32 Å². The monoisotopic (exact) mass is 209 g/mol. The summed E-state index contributed by atoms with van der Waals surface area (Å²) in [5, 5.41) is 20.1. The number of nitriles is 1. The van der Waals surface area contributed by atoms with Gasteiger partial charge in [0.1, 0.15) is 5.82 Å². The van der Waals surface area contributed by atoms with Gasteiger partial charge in [0.15, 0.2) is 6.19 Å². The number of halogens is 1. The van der Waals surface area contributed by atoms with Gasteiger partial charge in [-0.15, -0.1) is 0 Å². The summed E-state index contributed by atoms with van der Waals surface area (Å²) >= 11 is 0. The molecule has 0 unspecified atom stereocenters. The van der Waals surface area contributed by atoms with Gasteiger partial charge in [-0.05, 0) is 6.07 Å². The first-order valence-electron chi connectivity index (χ1n) is 3.69. The number of carbonyl (C=O) groups is 1. The third-order valence-corrected chi connectivity index (χ3v) is 1.58. The van der Waals surface area contributed by atoms with Gasteiger partial charge in [-0.25, -0.2) is 4.39 Å². The molecule has 0 spiro atoms. The zero-order chi connectivity index (χ0) is 11.4. The Morgan fingerprint density at radius 1 is 1.60 bits per heavy atom. The number of rotatable bonds is 2. The lowest BCUT2D eigenvalue weighted by molar-refractivity contribution is -0.385. The SMILES string of the molecule is N#CNC(=O)c1ccc([N+](=O)[O-])cc1F. The number of benzene rings is 1. The third kappa shape index (κ3) is 2.25. The Labute approximate surface area is 83.1 Å². The van der Waals surface area contributed by atoms with Crippen molar-refractivity contribution in [3.8, 4) is 6.19 Å². The highest BCUT2D eigenvalue weighted by molar-refractivity contribution is 5.95. The quantitative estimate of drug-likeness (QED) is 0.339. The number of non-ortho nitro benzene ring substituents is 1. The molecule has 0 atom stereocenters. The molecule has 0 radical (unpaired) electrons. The lowest BCUT2D eigenvalue weighted by atomic mass is 10.2. The van der Waals surface area contributed by atoms with Crippen molar-refractivity contribution >= 4 is 11.6 Å². The summed E-state index contributed by atoms with van der Waals surface area (Å²) in [5.74, 6) is -1.98. The first-order chi connectivity index (χ1) is 7.06. The van der Waals surface area contributed by atoms with Crippen molar-refractivity contribution < 1.29 is 14.1 Å². The predicted octanol–water partition coefficient (Wildman–Crippen LogP) is 0.945. The van der Waals surface area contributed by atoms with Gasteiger partial charge in [0.25, 0.3) is 11.6 Å². The minimum Gasteiger partial charge on any atom is -0.268 e. The number of nitrogens with zero attached hydrogens (tertiary/aromatic N) is 2. The maximum absolute atomic E-state index is 13.1. The van der Waals surface area contributed by atoms with Gasteiger partial charge in [-0.1, -0.05) is 0 Å². The van der Waals surface area contributed by atoms with Crippen LogP contribution in [0.4, 0.5) is 10.1 Å². The maximum atomic E-state index is 13.1. The number of nitro benzene ring substituents is 1. The molecule has 0 heterocycles. The van der Waals surface area contributed by atoms with Crippen molar-refractivity contribution in [3.05, 3.63) is 39.7 Å². The van der Waals surface area contributed by atoms with Gasteiger partial charge in [0.2, 0.25) is 0 Å². The highest BCUT2D eigenvalue weighted by atomic mass is 19.1. The van der Waals surface area contributed by atoms with Crippen molar-refractivity contribution in [2.75, 3.05) is 0 Å². The topological polar surface area (TPSA) is 96.0 Å². The number of hydrogen-bond donors (Lipinski definition) is 1. The molecule has 1 aromatic rings. The zero-order valence-electron chi connectivity index (χ0n) is 7.23. The average molecular weight is 209 g/mol. The van der Waals surface area contributed by atoms with Crippen molar-refractivity contribution in [2.45, 2.75) is 0 Å². The number of carbonyl (C=O) groups excluding carboxylic acids is 1. The van der Waals surface area contributed by atoms with E-state index in [-0.39, 0.29) is 0 Å². The number of nitrogens with one attached hydrogen (secondary N) is 1. The number of hydrogen-bond acceptors (Lipinski definition) is 4. The second-order valence-electron chi connectivity index (χ2n) is 2.49. The van der Waals surface area contributed by atoms with Gasteiger partial charge in [-0.2, -0.15) is 5.26 Å². The van der Waals surface area contributed by atoms with E-state index in [2.05, 4.69) is 0 Å². The minimum atomic E-state index is -1.04. The number of nitro groups is 1. The minimum absolute atomic E-state index is 0.415. The highest BCUT2D eigenvalue weighted by Gasteiger charge is 2.15. The lowest BCUT2D eigenvalue weighted by Gasteiger charge is -1.99. The van der Waals surface area contributed by atoms with Crippen LogP contribution in [0.25, 0.3) is 0 Å². The van der Waals surface area contributed by atoms with Crippen LogP contribution in [0.5, 0.6) is 0 Å². The molecule has 6 nitrogen and oxygen atoms in total. The molecule has 1 rings (SSSR count). The molecular formula is C8H4FN3O3. The molecule has 0 saturated carbocycles. The smallest absolute Gasteiger partial charge is 0.268 e. The molecule has 0 aliphatic rings. The fourth-order valence-corrected chi connectivity index (χ4v) is 0.920. The van der Waals surface area contributed by atoms with E-state index < -0.39 is 27.9 Å². The standard InChI is InChI=1S/C8H4FN3O3/c9-7-3-5(12(14)15)1-2-6(7)8(13)11-4-10/h1-3H,(H,11,13). The Hall–Kier alpha value is -2.49. The molecule has 15 heavy (non-hydrogen) atoms. The molecule has 0 aliphatic carbocycles. The van der Waals surface area contributed by atoms with Gasteiger partial charge in [0.05, 0.1) is 16.6 Å². The van der Waals surface area contributed by atoms with Crippen LogP contribution in [0.3, 0.4) is 0 Å². The zero-order valence-corrected chi connectivity index (χ0v) is 7.23. The van der Waals surface area contributed by atoms with Crippen molar-refractivity contribution in [1.82, 2.24) is 5.32 Å². The fraction of sp³-hybridized carbons (Fsp3) is 0. The molecule has 0 saturated heterocycles. The summed E-state index contributed by atoms with van der Waals surface area (Å²) < 4.78 is 13.1. The van der Waals surface area contributed by atoms with E-state index in [1.165, 1.54) is 6.19 Å². The normalized spacial score (nSPS) is 9.07. The van der Waals surface area contributed by atoms with Crippen LogP contribution in [-0.4, -0.2) is 10.8 Å². The van der Waals surface area contributed by atoms with Crippen molar-refractivity contribution in [3.63, 3.8) is 0 Å². The summed E-state index contributed by atoms with van der Waals surface area (Å²) in [6.07, 6.45) is 1.33. The van der Waals surface area contributed by atoms with E-state index in [1.807, 2.05) is 0 Å². The molecule has 0 fully saturated rings. The van der Waals surface area contributed by atoms with Crippen LogP contribution in [0.1, 0.15) is 10.4 Å². The number of amides is 1. The molecule has 0 aromatic heterocycles. The Balaban J connectivity index is 3.09. The summed E-state index contributed by atoms with van der Waals surface area (Å²) in [6.45, 7) is 0. The summed E-state index contributed by atoms with van der Waals surface area (Å²) in [6, 6.07) is 2.54. The molecule has 0 bridgehead atoms. The van der Waals surface area contributed by atoms with Crippen LogP contribution in [0.2, 0.25) is 0 Å². The van der Waals surface area contributed by atoms with Gasteiger partial charge < -0.3 is 0 Å². The van der Waals surface area contributed by atoms with Crippen LogP contribution in [-0.2, 0) is 0 Å². The molecule has 7 heteroatoms. The molecule has 76 valence electrons. The third-order valence-electron chi connectivity index (χ3n) is 1.58. The lowest BCUT2D eigenvalue weighted by Crippen LogP contribution is -2.18. The second-order valence-corrected chi connectivity index (χ2v) is 2.49. The average Bonchev–Trinajstić information content (AvgIpc) is 2.17. The van der Waals surface area contributed by atoms with Crippen LogP contribution >= 0.6 is 0 Å². The fourth-order valence-electron chi connectivity index (χ4n) is 0.920. The second kappa shape index (κ2) is 4.15. The van der Waals surface area contributed by atoms with Gasteiger partial charge in [0, 0.05) is 6.07 Å². The predicted molar refractivity (Wildman–Crippen MR) is 46.1 cm³/mol. The molecule has 0 aliphatic heterocycles. The first-order valence-corrected chi connectivity index (χ1v) is 3.69. The Morgan fingerprint density at radius 2 is 2.27 bits per heavy atom. The molecule has 1 N–H and O–H groups in total. The first kappa shape index (κ1) is 10.6. The van der Waals surface area contributed by atoms with E-state index >= 15 is 0 Å². The van der Waals surface area contributed by atoms with Gasteiger partial charge >= 0.3 is 0 Å². The van der Waals surface area contributed by atoms with E-state index in [0.29, 0.717) is 6.07 Å². The Kier molecular flexibility index (Phi) is 2.93. The largest absolute Gasteiger partial charge is 0.272 e. The van der Waals surface area contributed by atoms with Gasteiger partial charge in [-0.3, -0.25) is 20.2 Å². The highest BCUT2D eigenvalue weighted by Crippen LogP contribution is 2.16. The molecule has 1 amide bonds. The summed E-state index contributed by atoms with van der Waals surface area (Å²) in [7, 11) is 0. The van der Waals surface area contributed by atoms with Crippen LogP contribution in [0, 0.1) is 27.4 Å². The summed E-state index contributed by atoms with van der Waals surface area (Å²) in [5.41, 5.74) is -0.872. The Morgan fingerprint density at radius 3 is 2.73 bits per heavy atom. The van der Waals surface area contributed by atoms with Crippen LogP contribution < -0.4 is 5.32 Å². The van der Waals surface area contributed by atoms with E-state index in [4.69, 9.17) is 5.26 Å². The van der Waals surface area contributed by atoms with E-state index in [9.17, 15) is 19.3 Å². The summed E-state index contributed by atoms with van der Waals surface area (Å²) in [4.78, 5) is 20.5. The molecular weight excluding hydrogens is 205 g/mol. The van der Waals surface area contributed by atoms with Crippen molar-refractivity contribution in [1.29, 1.82) is 5.26 Å². The van der Waals surface area contributed by atoms with E-state index in [0.717, 1.165) is 12.1 Å². The maximum Gasteiger partial charge on any atom is 0.272 e. The van der Waals surface area contributed by atoms with Crippen LogP contribution in [0.15, 0.2) is 18.2 Å². The van der Waals surface area contributed by atoms with Crippen molar-refractivity contribution in [2.24, 2.45) is 0 Å². The molecule has 1 aromatic carbocycles. The Bertz CT molecular complexity index is 467.